The third-order valence-electron chi connectivity index (χ3n) is 2.21. The van der Waals surface area contributed by atoms with Gasteiger partial charge in [0.05, 0.1) is 0 Å². The number of pyridine rings is 1. The molecule has 0 bridgehead atoms. The van der Waals surface area contributed by atoms with Crippen molar-refractivity contribution < 1.29 is 0 Å². The Bertz CT molecular complexity index is 729. The van der Waals surface area contributed by atoms with E-state index in [1.54, 1.807) is 15.9 Å². The summed E-state index contributed by atoms with van der Waals surface area (Å²) in [4.78, 5) is 8.36. The van der Waals surface area contributed by atoms with E-state index in [0.29, 0.717) is 0 Å². The van der Waals surface area contributed by atoms with Crippen molar-refractivity contribution in [1.82, 2.24) is 19.6 Å². The number of thiazole rings is 1. The maximum absolute atomic E-state index is 4.29. The molecule has 0 unspecified atom stereocenters. The van der Waals surface area contributed by atoms with Crippen molar-refractivity contribution in [3.63, 3.8) is 0 Å². The van der Waals surface area contributed by atoms with Crippen molar-refractivity contribution in [2.24, 2.45) is 0 Å². The first-order chi connectivity index (χ1) is 8.31. The molecule has 3 rings (SSSR count). The van der Waals surface area contributed by atoms with E-state index in [2.05, 4.69) is 26.9 Å². The van der Waals surface area contributed by atoms with Gasteiger partial charge in [-0.25, -0.2) is 14.5 Å². The molecule has 0 aliphatic heterocycles. The van der Waals surface area contributed by atoms with Gasteiger partial charge in [0.2, 0.25) is 0 Å². The molecule has 0 radical (unpaired) electrons. The summed E-state index contributed by atoms with van der Waals surface area (Å²) >= 11 is 1.55. The Balaban J connectivity index is 1.97. The highest BCUT2D eigenvalue weighted by Crippen LogP contribution is 2.07. The zero-order valence-electron chi connectivity index (χ0n) is 9.08. The monoisotopic (exact) mass is 240 g/mol. The van der Waals surface area contributed by atoms with Crippen LogP contribution in [0.25, 0.3) is 5.65 Å². The second-order valence-electron chi connectivity index (χ2n) is 3.52. The normalized spacial score (nSPS) is 10.2. The minimum Gasteiger partial charge on any atom is -0.233 e. The molecule has 82 valence electrons. The molecule has 0 saturated heterocycles. The van der Waals surface area contributed by atoms with Crippen LogP contribution in [0.3, 0.4) is 0 Å². The summed E-state index contributed by atoms with van der Waals surface area (Å²) in [6.07, 6.45) is 3.38. The Morgan fingerprint density at radius 3 is 3.06 bits per heavy atom. The molecule has 4 nitrogen and oxygen atoms in total. The van der Waals surface area contributed by atoms with Crippen LogP contribution in [-0.4, -0.2) is 19.6 Å². The molecular weight excluding hydrogens is 232 g/mol. The Kier molecular flexibility index (Phi) is 2.35. The zero-order chi connectivity index (χ0) is 11.7. The molecule has 0 atom stereocenters. The van der Waals surface area contributed by atoms with Crippen LogP contribution in [0.4, 0.5) is 0 Å². The van der Waals surface area contributed by atoms with Crippen LogP contribution in [0, 0.1) is 18.8 Å². The topological polar surface area (TPSA) is 43.1 Å². The number of hydrogen-bond donors (Lipinski definition) is 0. The van der Waals surface area contributed by atoms with Gasteiger partial charge in [0.25, 0.3) is 0 Å². The molecule has 0 aliphatic rings. The van der Waals surface area contributed by atoms with Crippen LogP contribution in [0.1, 0.15) is 16.3 Å². The first kappa shape index (κ1) is 10.00. The summed E-state index contributed by atoms with van der Waals surface area (Å²) in [5, 5.41) is 6.89. The molecule has 0 aliphatic carbocycles. The van der Waals surface area contributed by atoms with Crippen LogP contribution < -0.4 is 0 Å². The van der Waals surface area contributed by atoms with Crippen molar-refractivity contribution >= 4 is 17.0 Å². The van der Waals surface area contributed by atoms with Gasteiger partial charge in [-0.15, -0.1) is 11.3 Å². The van der Waals surface area contributed by atoms with E-state index in [-0.39, 0.29) is 0 Å². The Morgan fingerprint density at radius 1 is 1.29 bits per heavy atom. The fourth-order valence-electron chi connectivity index (χ4n) is 1.43. The second-order valence-corrected chi connectivity index (χ2v) is 4.38. The highest BCUT2D eigenvalue weighted by Gasteiger charge is 1.96. The maximum Gasteiger partial charge on any atom is 0.167 e. The lowest BCUT2D eigenvalue weighted by molar-refractivity contribution is 0.958. The molecule has 0 fully saturated rings. The molecule has 5 heteroatoms. The molecule has 17 heavy (non-hydrogen) atoms. The molecule has 3 heterocycles. The highest BCUT2D eigenvalue weighted by molar-refractivity contribution is 7.10. The average molecular weight is 240 g/mol. The number of aryl methyl sites for hydroxylation is 1. The molecular formula is C12H8N4S. The summed E-state index contributed by atoms with van der Waals surface area (Å²) in [6, 6.07) is 3.82. The first-order valence-corrected chi connectivity index (χ1v) is 5.93. The molecule has 0 spiro atoms. The molecule has 0 aromatic carbocycles. The van der Waals surface area contributed by atoms with E-state index < -0.39 is 0 Å². The van der Waals surface area contributed by atoms with Crippen molar-refractivity contribution in [3.05, 3.63) is 46.3 Å². The van der Waals surface area contributed by atoms with Crippen molar-refractivity contribution in [2.45, 2.75) is 6.92 Å². The van der Waals surface area contributed by atoms with Crippen LogP contribution in [-0.2, 0) is 0 Å². The Morgan fingerprint density at radius 2 is 2.24 bits per heavy atom. The summed E-state index contributed by atoms with van der Waals surface area (Å²) in [6.45, 7) is 1.96. The van der Waals surface area contributed by atoms with Crippen LogP contribution in [0.2, 0.25) is 0 Å². The van der Waals surface area contributed by atoms with E-state index >= 15 is 0 Å². The number of rotatable bonds is 0. The average Bonchev–Trinajstić information content (AvgIpc) is 2.94. The minimum atomic E-state index is 0.820. The van der Waals surface area contributed by atoms with Crippen molar-refractivity contribution in [2.75, 3.05) is 0 Å². The fraction of sp³-hybridized carbons (Fsp3) is 0.0833. The van der Waals surface area contributed by atoms with E-state index in [1.165, 1.54) is 6.33 Å². The van der Waals surface area contributed by atoms with Crippen molar-refractivity contribution in [3.8, 4) is 11.8 Å². The van der Waals surface area contributed by atoms with Crippen LogP contribution in [0.5, 0.6) is 0 Å². The standard InChI is InChI=1S/C12H8N4S/c1-9-7-17-12(15-9)5-3-10-2-4-11-13-8-14-16(11)6-10/h2,4,6-8H,1H3. The maximum atomic E-state index is 4.29. The third-order valence-corrected chi connectivity index (χ3v) is 3.08. The number of aromatic nitrogens is 4. The summed E-state index contributed by atoms with van der Waals surface area (Å²) < 4.78 is 1.71. The number of hydrogen-bond acceptors (Lipinski definition) is 4. The smallest absolute Gasteiger partial charge is 0.167 e. The zero-order valence-corrected chi connectivity index (χ0v) is 9.90. The molecule has 3 aromatic heterocycles. The van der Waals surface area contributed by atoms with Gasteiger partial charge < -0.3 is 0 Å². The van der Waals surface area contributed by atoms with E-state index in [0.717, 1.165) is 21.9 Å². The van der Waals surface area contributed by atoms with Gasteiger partial charge in [-0.1, -0.05) is 5.92 Å². The molecule has 0 saturated carbocycles. The fourth-order valence-corrected chi connectivity index (χ4v) is 2.07. The summed E-state index contributed by atoms with van der Waals surface area (Å²) in [7, 11) is 0. The van der Waals surface area contributed by atoms with Gasteiger partial charge >= 0.3 is 0 Å². The SMILES string of the molecule is Cc1csc(C#Cc2ccc3ncnn3c2)n1. The van der Waals surface area contributed by atoms with Gasteiger partial charge in [0.15, 0.2) is 10.7 Å². The Labute approximate surface area is 102 Å². The van der Waals surface area contributed by atoms with Gasteiger partial charge in [-0.05, 0) is 25.0 Å². The van der Waals surface area contributed by atoms with Gasteiger partial charge in [0.1, 0.15) is 6.33 Å². The van der Waals surface area contributed by atoms with Crippen LogP contribution >= 0.6 is 11.3 Å². The quantitative estimate of drug-likeness (QED) is 0.564. The predicted molar refractivity (Wildman–Crippen MR) is 65.8 cm³/mol. The lowest BCUT2D eigenvalue weighted by Gasteiger charge is -1.91. The first-order valence-electron chi connectivity index (χ1n) is 5.05. The Hall–Kier alpha value is -2.19. The van der Waals surface area contributed by atoms with Gasteiger partial charge in [0, 0.05) is 22.8 Å². The minimum absolute atomic E-state index is 0.820. The van der Waals surface area contributed by atoms with E-state index in [9.17, 15) is 0 Å². The number of fused-ring (bicyclic) bond motifs is 1. The highest BCUT2D eigenvalue weighted by atomic mass is 32.1. The predicted octanol–water partition coefficient (Wildman–Crippen LogP) is 1.89. The van der Waals surface area contributed by atoms with E-state index in [1.807, 2.05) is 30.6 Å². The second kappa shape index (κ2) is 4.00. The van der Waals surface area contributed by atoms with Crippen molar-refractivity contribution in [1.29, 1.82) is 0 Å². The summed E-state index contributed by atoms with van der Waals surface area (Å²) in [5.41, 5.74) is 2.72. The lowest BCUT2D eigenvalue weighted by Crippen LogP contribution is -1.88. The molecule has 0 N–H and O–H groups in total. The largest absolute Gasteiger partial charge is 0.233 e. The van der Waals surface area contributed by atoms with Gasteiger partial charge in [-0.3, -0.25) is 0 Å². The van der Waals surface area contributed by atoms with Gasteiger partial charge in [-0.2, -0.15) is 5.10 Å². The lowest BCUT2D eigenvalue weighted by atomic mass is 10.3. The summed E-state index contributed by atoms with van der Waals surface area (Å²) in [5.74, 6) is 6.10. The molecule has 3 aromatic rings. The number of nitrogens with zero attached hydrogens (tertiary/aromatic N) is 4. The van der Waals surface area contributed by atoms with Crippen LogP contribution in [0.15, 0.2) is 30.0 Å². The molecule has 0 amide bonds. The van der Waals surface area contributed by atoms with E-state index in [4.69, 9.17) is 0 Å². The third kappa shape index (κ3) is 2.03.